The quantitative estimate of drug-likeness (QED) is 0.154. The molecule has 0 aliphatic rings. The molecule has 0 N–H and O–H groups in total. The first-order valence-electron chi connectivity index (χ1n) is 11.8. The van der Waals surface area contributed by atoms with Crippen LogP contribution in [0.3, 0.4) is 0 Å². The number of carbonyl (C=O) groups excluding carboxylic acids is 2. The molecule has 7 nitrogen and oxygen atoms in total. The van der Waals surface area contributed by atoms with E-state index in [2.05, 4.69) is 6.07 Å². The van der Waals surface area contributed by atoms with E-state index < -0.39 is 11.8 Å². The van der Waals surface area contributed by atoms with E-state index in [1.165, 1.54) is 6.08 Å². The highest BCUT2D eigenvalue weighted by molar-refractivity contribution is 7.14. The molecule has 38 heavy (non-hydrogen) atoms. The fourth-order valence-electron chi connectivity index (χ4n) is 3.56. The van der Waals surface area contributed by atoms with Gasteiger partial charge in [-0.1, -0.05) is 29.8 Å². The van der Waals surface area contributed by atoms with E-state index in [1.54, 1.807) is 44.2 Å². The topological polar surface area (TPSA) is 109 Å². The molecular weight excluding hydrogens is 524 g/mol. The Morgan fingerprint density at radius 2 is 1.76 bits per heavy atom. The van der Waals surface area contributed by atoms with Gasteiger partial charge in [-0.3, -0.25) is 4.79 Å². The first kappa shape index (κ1) is 28.5. The highest BCUT2D eigenvalue weighted by Gasteiger charge is 2.23. The van der Waals surface area contributed by atoms with Crippen molar-refractivity contribution >= 4 is 40.8 Å². The fraction of sp³-hybridized carbons (Fsp3) is 0.241. The number of ether oxygens (including phenoxy) is 3. The van der Waals surface area contributed by atoms with E-state index in [0.29, 0.717) is 45.7 Å². The minimum absolute atomic E-state index is 0.0880. The van der Waals surface area contributed by atoms with E-state index in [-0.39, 0.29) is 29.0 Å². The van der Waals surface area contributed by atoms with Crippen LogP contribution in [0.25, 0.3) is 6.08 Å². The number of nitriles is 2. The third kappa shape index (κ3) is 7.01. The Morgan fingerprint density at radius 3 is 2.39 bits per heavy atom. The molecule has 0 unspecified atom stereocenters. The molecule has 0 saturated carbocycles. The van der Waals surface area contributed by atoms with Gasteiger partial charge in [0.05, 0.1) is 24.4 Å². The molecule has 0 aliphatic heterocycles. The van der Waals surface area contributed by atoms with Crippen LogP contribution in [0.1, 0.15) is 50.7 Å². The van der Waals surface area contributed by atoms with Crippen LogP contribution in [0.4, 0.5) is 0 Å². The maximum absolute atomic E-state index is 13.0. The number of nitrogens with zero attached hydrogens (tertiary/aromatic N) is 2. The van der Waals surface area contributed by atoms with Gasteiger partial charge in [-0.25, -0.2) is 4.79 Å². The summed E-state index contributed by atoms with van der Waals surface area (Å²) in [5.74, 6) is -0.0209. The lowest BCUT2D eigenvalue weighted by Crippen LogP contribution is -2.05. The maximum Gasteiger partial charge on any atom is 0.348 e. The van der Waals surface area contributed by atoms with Crippen LogP contribution in [0, 0.1) is 29.6 Å². The number of rotatable bonds is 11. The van der Waals surface area contributed by atoms with Crippen LogP contribution >= 0.6 is 22.9 Å². The number of allylic oxidation sites excluding steroid dienone is 1. The Morgan fingerprint density at radius 1 is 1.03 bits per heavy atom. The number of benzene rings is 2. The summed E-state index contributed by atoms with van der Waals surface area (Å²) in [6, 6.07) is 16.4. The molecule has 0 bridgehead atoms. The van der Waals surface area contributed by atoms with Gasteiger partial charge >= 0.3 is 5.97 Å². The zero-order valence-corrected chi connectivity index (χ0v) is 22.7. The lowest BCUT2D eigenvalue weighted by Gasteiger charge is -2.13. The molecule has 3 rings (SSSR count). The molecule has 0 fully saturated rings. The van der Waals surface area contributed by atoms with Gasteiger partial charge in [0.1, 0.15) is 23.6 Å². The molecule has 194 valence electrons. The van der Waals surface area contributed by atoms with Crippen molar-refractivity contribution in [3.63, 3.8) is 0 Å². The third-order valence-corrected chi connectivity index (χ3v) is 6.94. The molecule has 1 aromatic heterocycles. The Kier molecular flexibility index (Phi) is 10.1. The molecule has 3 aromatic rings. The number of thiophene rings is 1. The van der Waals surface area contributed by atoms with E-state index >= 15 is 0 Å². The van der Waals surface area contributed by atoms with Crippen molar-refractivity contribution < 1.29 is 23.8 Å². The molecule has 0 saturated heterocycles. The van der Waals surface area contributed by atoms with Gasteiger partial charge in [0.2, 0.25) is 0 Å². The van der Waals surface area contributed by atoms with Crippen molar-refractivity contribution in [3.8, 4) is 23.6 Å². The first-order chi connectivity index (χ1) is 18.3. The van der Waals surface area contributed by atoms with Crippen LogP contribution in [-0.4, -0.2) is 25.0 Å². The Balaban J connectivity index is 1.82. The zero-order valence-electron chi connectivity index (χ0n) is 21.2. The van der Waals surface area contributed by atoms with Crippen LogP contribution in [0.15, 0.2) is 48.0 Å². The van der Waals surface area contributed by atoms with Crippen molar-refractivity contribution in [2.45, 2.75) is 33.8 Å². The number of ketones is 1. The number of Topliss-reactive ketones (excluding diaryl/α,β-unsaturated/α-hetero) is 1. The molecule has 1 heterocycles. The zero-order chi connectivity index (χ0) is 27.7. The van der Waals surface area contributed by atoms with E-state index in [0.717, 1.165) is 16.9 Å². The number of esters is 1. The van der Waals surface area contributed by atoms with E-state index in [1.807, 2.05) is 25.1 Å². The van der Waals surface area contributed by atoms with Gasteiger partial charge in [0, 0.05) is 16.3 Å². The lowest BCUT2D eigenvalue weighted by molar-refractivity contribution is -0.114. The van der Waals surface area contributed by atoms with Gasteiger partial charge in [-0.2, -0.15) is 10.5 Å². The normalized spacial score (nSPS) is 10.8. The van der Waals surface area contributed by atoms with Crippen LogP contribution in [0.5, 0.6) is 11.5 Å². The molecule has 0 atom stereocenters. The number of hydrogen-bond acceptors (Lipinski definition) is 8. The second-order valence-electron chi connectivity index (χ2n) is 8.01. The lowest BCUT2D eigenvalue weighted by atomic mass is 10.0. The standard InChI is InChI=1S/C29H25ClN2O5S/c1-4-35-26-13-20(8-11-25(26)37-17-19-6-9-22(30)10-7-19)12-21(15-31)24(33)14-27-23(16-32)18(3)28(38-27)29(34)36-5-2/h6-13H,4-5,14,17H2,1-3H3. The van der Waals surface area contributed by atoms with Crippen molar-refractivity contribution in [2.75, 3.05) is 13.2 Å². The Labute approximate surface area is 230 Å². The minimum Gasteiger partial charge on any atom is -0.490 e. The molecule has 2 aromatic carbocycles. The van der Waals surface area contributed by atoms with Crippen LogP contribution in [0.2, 0.25) is 5.02 Å². The summed E-state index contributed by atoms with van der Waals surface area (Å²) in [5, 5.41) is 19.9. The summed E-state index contributed by atoms with van der Waals surface area (Å²) in [6.45, 7) is 6.08. The molecular formula is C29H25ClN2O5S. The average Bonchev–Trinajstić information content (AvgIpc) is 3.22. The molecule has 0 radical (unpaired) electrons. The summed E-state index contributed by atoms with van der Waals surface area (Å²) >= 11 is 6.97. The van der Waals surface area contributed by atoms with Crippen molar-refractivity contribution in [3.05, 3.63) is 85.1 Å². The van der Waals surface area contributed by atoms with Gasteiger partial charge in [0.15, 0.2) is 17.3 Å². The van der Waals surface area contributed by atoms with E-state index in [9.17, 15) is 20.1 Å². The van der Waals surface area contributed by atoms with Gasteiger partial charge in [-0.15, -0.1) is 11.3 Å². The Hall–Kier alpha value is -4.11. The van der Waals surface area contributed by atoms with E-state index in [4.69, 9.17) is 25.8 Å². The minimum atomic E-state index is -0.539. The summed E-state index contributed by atoms with van der Waals surface area (Å²) in [5.41, 5.74) is 2.15. The van der Waals surface area contributed by atoms with Crippen molar-refractivity contribution in [1.29, 1.82) is 10.5 Å². The number of hydrogen-bond donors (Lipinski definition) is 0. The molecule has 0 aliphatic carbocycles. The first-order valence-corrected chi connectivity index (χ1v) is 13.0. The predicted octanol–water partition coefficient (Wildman–Crippen LogP) is 6.45. The van der Waals surface area contributed by atoms with Gasteiger partial charge < -0.3 is 14.2 Å². The third-order valence-electron chi connectivity index (χ3n) is 5.42. The summed E-state index contributed by atoms with van der Waals surface area (Å²) < 4.78 is 16.7. The molecule has 9 heteroatoms. The monoisotopic (exact) mass is 548 g/mol. The van der Waals surface area contributed by atoms with Crippen LogP contribution in [-0.2, 0) is 22.6 Å². The number of halogens is 1. The SMILES string of the molecule is CCOC(=O)c1sc(CC(=O)C(C#N)=Cc2ccc(OCc3ccc(Cl)cc3)c(OCC)c2)c(C#N)c1C. The highest BCUT2D eigenvalue weighted by Crippen LogP contribution is 2.32. The molecule has 0 amide bonds. The average molecular weight is 549 g/mol. The van der Waals surface area contributed by atoms with Crippen molar-refractivity contribution in [2.24, 2.45) is 0 Å². The Bertz CT molecular complexity index is 1450. The van der Waals surface area contributed by atoms with Crippen molar-refractivity contribution in [1.82, 2.24) is 0 Å². The summed E-state index contributed by atoms with van der Waals surface area (Å²) in [6.07, 6.45) is 1.28. The smallest absolute Gasteiger partial charge is 0.348 e. The molecule has 0 spiro atoms. The predicted molar refractivity (Wildman–Crippen MR) is 145 cm³/mol. The highest BCUT2D eigenvalue weighted by atomic mass is 35.5. The fourth-order valence-corrected chi connectivity index (χ4v) is 4.84. The number of carbonyl (C=O) groups is 2. The maximum atomic E-state index is 13.0. The summed E-state index contributed by atoms with van der Waals surface area (Å²) in [7, 11) is 0. The van der Waals surface area contributed by atoms with Gasteiger partial charge in [-0.05, 0) is 67.8 Å². The summed E-state index contributed by atoms with van der Waals surface area (Å²) in [4.78, 5) is 25.9. The second kappa shape index (κ2) is 13.4. The second-order valence-corrected chi connectivity index (χ2v) is 9.55. The van der Waals surface area contributed by atoms with Crippen LogP contribution < -0.4 is 9.47 Å². The van der Waals surface area contributed by atoms with Gasteiger partial charge in [0.25, 0.3) is 0 Å². The largest absolute Gasteiger partial charge is 0.490 e.